The Hall–Kier alpha value is -1.79. The van der Waals surface area contributed by atoms with E-state index >= 15 is 0 Å². The maximum absolute atomic E-state index is 12.0. The zero-order valence-corrected chi connectivity index (χ0v) is 8.46. The van der Waals surface area contributed by atoms with Gasteiger partial charge in [-0.3, -0.25) is 4.79 Å². The fourth-order valence-corrected chi connectivity index (χ4v) is 1.03. The average molecular weight is 235 g/mol. The van der Waals surface area contributed by atoms with E-state index in [1.807, 2.05) is 0 Å². The van der Waals surface area contributed by atoms with Crippen molar-refractivity contribution in [3.05, 3.63) is 17.3 Å². The van der Waals surface area contributed by atoms with Gasteiger partial charge in [0.15, 0.2) is 12.0 Å². The molecule has 7 heteroatoms. The van der Waals surface area contributed by atoms with Gasteiger partial charge >= 0.3 is 6.36 Å². The fourth-order valence-electron chi connectivity index (χ4n) is 1.03. The van der Waals surface area contributed by atoms with E-state index in [4.69, 9.17) is 0 Å². The van der Waals surface area contributed by atoms with Crippen molar-refractivity contribution in [1.82, 2.24) is 4.98 Å². The molecule has 0 bridgehead atoms. The number of ether oxygens (including phenoxy) is 2. The molecule has 1 heterocycles. The van der Waals surface area contributed by atoms with Crippen LogP contribution in [0.2, 0.25) is 0 Å². The van der Waals surface area contributed by atoms with Crippen LogP contribution in [0, 0.1) is 6.92 Å². The Kier molecular flexibility index (Phi) is 3.36. The van der Waals surface area contributed by atoms with Crippen LogP contribution in [-0.4, -0.2) is 24.7 Å². The van der Waals surface area contributed by atoms with Crippen molar-refractivity contribution < 1.29 is 27.4 Å². The van der Waals surface area contributed by atoms with E-state index in [0.717, 1.165) is 0 Å². The molecule has 0 aliphatic carbocycles. The number of pyridine rings is 1. The second-order valence-electron chi connectivity index (χ2n) is 2.86. The van der Waals surface area contributed by atoms with Gasteiger partial charge in [0.2, 0.25) is 0 Å². The van der Waals surface area contributed by atoms with E-state index < -0.39 is 12.2 Å². The standard InChI is InChI=1S/C9H8F3NO3/c1-5-3-7(15-2)8(13-6(5)4-14)16-9(10,11)12/h3-4H,1-2H3. The predicted molar refractivity (Wildman–Crippen MR) is 47.6 cm³/mol. The summed E-state index contributed by atoms with van der Waals surface area (Å²) in [6, 6.07) is 1.25. The summed E-state index contributed by atoms with van der Waals surface area (Å²) in [6.45, 7) is 1.52. The molecule has 16 heavy (non-hydrogen) atoms. The Balaban J connectivity index is 3.20. The first-order chi connectivity index (χ1) is 7.37. The van der Waals surface area contributed by atoms with E-state index in [1.54, 1.807) is 0 Å². The van der Waals surface area contributed by atoms with Gasteiger partial charge in [0, 0.05) is 0 Å². The number of aldehydes is 1. The summed E-state index contributed by atoms with van der Waals surface area (Å²) in [6.07, 6.45) is -4.53. The van der Waals surface area contributed by atoms with Crippen molar-refractivity contribution in [3.8, 4) is 11.6 Å². The lowest BCUT2D eigenvalue weighted by Crippen LogP contribution is -2.19. The highest BCUT2D eigenvalue weighted by Gasteiger charge is 2.33. The minimum atomic E-state index is -4.88. The molecule has 0 radical (unpaired) electrons. The molecule has 0 atom stereocenters. The van der Waals surface area contributed by atoms with Crippen LogP contribution in [0.3, 0.4) is 0 Å². The Labute approximate surface area is 89.0 Å². The highest BCUT2D eigenvalue weighted by Crippen LogP contribution is 2.31. The van der Waals surface area contributed by atoms with Crippen molar-refractivity contribution in [2.75, 3.05) is 7.11 Å². The number of nitrogens with zero attached hydrogens (tertiary/aromatic N) is 1. The predicted octanol–water partition coefficient (Wildman–Crippen LogP) is 2.11. The Morgan fingerprint density at radius 3 is 2.50 bits per heavy atom. The van der Waals surface area contributed by atoms with E-state index in [2.05, 4.69) is 14.5 Å². The number of rotatable bonds is 3. The first kappa shape index (κ1) is 12.3. The molecule has 0 fully saturated rings. The minimum Gasteiger partial charge on any atom is -0.491 e. The van der Waals surface area contributed by atoms with Crippen molar-refractivity contribution in [2.24, 2.45) is 0 Å². The summed E-state index contributed by atoms with van der Waals surface area (Å²) in [5.74, 6) is -0.955. The number of aryl methyl sites for hydroxylation is 1. The van der Waals surface area contributed by atoms with Gasteiger partial charge in [-0.1, -0.05) is 0 Å². The number of methoxy groups -OCH3 is 1. The summed E-state index contributed by atoms with van der Waals surface area (Å²) in [5.41, 5.74) is 0.279. The third kappa shape index (κ3) is 2.85. The lowest BCUT2D eigenvalue weighted by molar-refractivity contribution is -0.276. The largest absolute Gasteiger partial charge is 0.574 e. The summed E-state index contributed by atoms with van der Waals surface area (Å²) in [5, 5.41) is 0. The van der Waals surface area contributed by atoms with Gasteiger partial charge in [0.25, 0.3) is 5.88 Å². The molecule has 88 valence electrons. The molecule has 0 saturated carbocycles. The first-order valence-electron chi connectivity index (χ1n) is 4.14. The molecule has 0 spiro atoms. The van der Waals surface area contributed by atoms with Gasteiger partial charge in [-0.2, -0.15) is 0 Å². The molecular weight excluding hydrogens is 227 g/mol. The highest BCUT2D eigenvalue weighted by atomic mass is 19.4. The zero-order chi connectivity index (χ0) is 12.3. The van der Waals surface area contributed by atoms with Crippen LogP contribution >= 0.6 is 0 Å². The number of halogens is 3. The second-order valence-corrected chi connectivity index (χ2v) is 2.86. The number of aromatic nitrogens is 1. The van der Waals surface area contributed by atoms with Crippen LogP contribution in [0.4, 0.5) is 13.2 Å². The monoisotopic (exact) mass is 235 g/mol. The third-order valence-electron chi connectivity index (χ3n) is 1.73. The average Bonchev–Trinajstić information content (AvgIpc) is 2.18. The summed E-state index contributed by atoms with van der Waals surface area (Å²) < 4.78 is 44.3. The molecule has 0 amide bonds. The van der Waals surface area contributed by atoms with Crippen molar-refractivity contribution in [2.45, 2.75) is 13.3 Å². The van der Waals surface area contributed by atoms with Crippen LogP contribution in [-0.2, 0) is 0 Å². The first-order valence-corrected chi connectivity index (χ1v) is 4.14. The van der Waals surface area contributed by atoms with Gasteiger partial charge in [-0.25, -0.2) is 4.98 Å². The van der Waals surface area contributed by atoms with Gasteiger partial charge in [0.05, 0.1) is 7.11 Å². The maximum atomic E-state index is 12.0. The van der Waals surface area contributed by atoms with E-state index in [1.165, 1.54) is 20.1 Å². The van der Waals surface area contributed by atoms with Crippen LogP contribution in [0.25, 0.3) is 0 Å². The number of hydrogen-bond donors (Lipinski definition) is 0. The maximum Gasteiger partial charge on any atom is 0.574 e. The zero-order valence-electron chi connectivity index (χ0n) is 8.46. The van der Waals surface area contributed by atoms with Crippen LogP contribution in [0.1, 0.15) is 16.1 Å². The second kappa shape index (κ2) is 4.38. The van der Waals surface area contributed by atoms with Gasteiger partial charge in [-0.15, -0.1) is 13.2 Å². The molecule has 1 rings (SSSR count). The Morgan fingerprint density at radius 1 is 1.44 bits per heavy atom. The number of carbonyl (C=O) groups is 1. The van der Waals surface area contributed by atoms with Crippen LogP contribution in [0.15, 0.2) is 6.07 Å². The Bertz CT molecular complexity index is 404. The molecule has 0 unspecified atom stereocenters. The molecule has 0 saturated heterocycles. The van der Waals surface area contributed by atoms with Crippen molar-refractivity contribution >= 4 is 6.29 Å². The molecule has 1 aromatic rings. The Morgan fingerprint density at radius 2 is 2.06 bits per heavy atom. The molecule has 1 aromatic heterocycles. The SMILES string of the molecule is COc1cc(C)c(C=O)nc1OC(F)(F)F. The van der Waals surface area contributed by atoms with E-state index in [9.17, 15) is 18.0 Å². The lowest BCUT2D eigenvalue weighted by Gasteiger charge is -2.12. The number of alkyl halides is 3. The molecule has 4 nitrogen and oxygen atoms in total. The van der Waals surface area contributed by atoms with Gasteiger partial charge < -0.3 is 9.47 Å². The normalized spacial score (nSPS) is 11.1. The number of carbonyl (C=O) groups excluding carboxylic acids is 1. The van der Waals surface area contributed by atoms with E-state index in [0.29, 0.717) is 11.8 Å². The minimum absolute atomic E-state index is 0.125. The van der Waals surface area contributed by atoms with Crippen LogP contribution < -0.4 is 9.47 Å². The summed E-state index contributed by atoms with van der Waals surface area (Å²) in [4.78, 5) is 13.9. The molecular formula is C9H8F3NO3. The third-order valence-corrected chi connectivity index (χ3v) is 1.73. The lowest BCUT2D eigenvalue weighted by atomic mass is 10.2. The van der Waals surface area contributed by atoms with Gasteiger partial charge in [-0.05, 0) is 18.6 Å². The number of hydrogen-bond acceptors (Lipinski definition) is 4. The smallest absolute Gasteiger partial charge is 0.491 e. The molecule has 0 aliphatic rings. The topological polar surface area (TPSA) is 48.4 Å². The fraction of sp³-hybridized carbons (Fsp3) is 0.333. The van der Waals surface area contributed by atoms with Crippen LogP contribution in [0.5, 0.6) is 11.6 Å². The van der Waals surface area contributed by atoms with Crippen molar-refractivity contribution in [1.29, 1.82) is 0 Å². The van der Waals surface area contributed by atoms with Gasteiger partial charge in [0.1, 0.15) is 5.69 Å². The summed E-state index contributed by atoms with van der Waals surface area (Å²) >= 11 is 0. The molecule has 0 aliphatic heterocycles. The molecule has 0 N–H and O–H groups in total. The molecule has 0 aromatic carbocycles. The van der Waals surface area contributed by atoms with E-state index in [-0.39, 0.29) is 11.4 Å². The highest BCUT2D eigenvalue weighted by molar-refractivity contribution is 5.75. The summed E-state index contributed by atoms with van der Waals surface area (Å²) in [7, 11) is 1.18. The quantitative estimate of drug-likeness (QED) is 0.753. The van der Waals surface area contributed by atoms with Crippen molar-refractivity contribution in [3.63, 3.8) is 0 Å².